The minimum atomic E-state index is -0.265. The maximum absolute atomic E-state index is 6.38. The number of hydrogen-bond acceptors (Lipinski definition) is 4. The fraction of sp³-hybridized carbons (Fsp3) is 0.538. The maximum atomic E-state index is 6.38. The van der Waals surface area contributed by atoms with Crippen LogP contribution in [0, 0.1) is 0 Å². The molecule has 1 heterocycles. The van der Waals surface area contributed by atoms with Crippen LogP contribution >= 0.6 is 0 Å². The molecular weight excluding hydrogens is 218 g/mol. The Kier molecular flexibility index (Phi) is 2.40. The number of fused-ring (bicyclic) bond motifs is 1. The van der Waals surface area contributed by atoms with Gasteiger partial charge in [-0.25, -0.2) is 0 Å². The summed E-state index contributed by atoms with van der Waals surface area (Å²) in [6.45, 7) is 1.17. The van der Waals surface area contributed by atoms with Crippen molar-refractivity contribution < 1.29 is 14.2 Å². The topological polar surface area (TPSA) is 53.7 Å². The molecule has 2 aliphatic rings. The van der Waals surface area contributed by atoms with Gasteiger partial charge in [0.15, 0.2) is 11.5 Å². The van der Waals surface area contributed by atoms with Crippen molar-refractivity contribution in [3.8, 4) is 17.2 Å². The first-order valence-corrected chi connectivity index (χ1v) is 6.00. The fourth-order valence-electron chi connectivity index (χ4n) is 2.44. The Morgan fingerprint density at radius 2 is 2.00 bits per heavy atom. The summed E-state index contributed by atoms with van der Waals surface area (Å²) >= 11 is 0. The molecular formula is C13H17NO3. The predicted molar refractivity (Wildman–Crippen MR) is 63.7 cm³/mol. The standard InChI is InChI=1S/C13H17NO3/c1-15-9-7-10(13(14)3-2-4-13)12-11(8-9)16-5-6-17-12/h7-8H,2-6,14H2,1H3. The Bertz CT molecular complexity index is 441. The zero-order chi connectivity index (χ0) is 11.9. The van der Waals surface area contributed by atoms with Crippen molar-refractivity contribution in [2.45, 2.75) is 24.8 Å². The van der Waals surface area contributed by atoms with Crippen LogP contribution in [-0.4, -0.2) is 20.3 Å². The highest BCUT2D eigenvalue weighted by Crippen LogP contribution is 2.48. The molecule has 4 heteroatoms. The molecule has 0 amide bonds. The van der Waals surface area contributed by atoms with Crippen molar-refractivity contribution in [1.29, 1.82) is 0 Å². The number of rotatable bonds is 2. The number of methoxy groups -OCH3 is 1. The molecule has 3 rings (SSSR count). The smallest absolute Gasteiger partial charge is 0.166 e. The lowest BCUT2D eigenvalue weighted by Crippen LogP contribution is -2.44. The monoisotopic (exact) mass is 235 g/mol. The van der Waals surface area contributed by atoms with Crippen molar-refractivity contribution in [3.05, 3.63) is 17.7 Å². The van der Waals surface area contributed by atoms with Crippen molar-refractivity contribution in [1.82, 2.24) is 0 Å². The summed E-state index contributed by atoms with van der Waals surface area (Å²) in [6.07, 6.45) is 3.16. The van der Waals surface area contributed by atoms with Crippen LogP contribution in [0.3, 0.4) is 0 Å². The summed E-state index contributed by atoms with van der Waals surface area (Å²) in [4.78, 5) is 0. The molecule has 0 radical (unpaired) electrons. The first-order chi connectivity index (χ1) is 8.23. The third kappa shape index (κ3) is 1.63. The van der Waals surface area contributed by atoms with Crippen molar-refractivity contribution in [3.63, 3.8) is 0 Å². The summed E-state index contributed by atoms with van der Waals surface area (Å²) in [7, 11) is 1.65. The Morgan fingerprint density at radius 3 is 2.65 bits per heavy atom. The van der Waals surface area contributed by atoms with Crippen molar-refractivity contribution >= 4 is 0 Å². The van der Waals surface area contributed by atoms with Crippen molar-refractivity contribution in [2.24, 2.45) is 5.73 Å². The molecule has 0 unspecified atom stereocenters. The first kappa shape index (κ1) is 10.7. The van der Waals surface area contributed by atoms with E-state index < -0.39 is 0 Å². The van der Waals surface area contributed by atoms with Gasteiger partial charge in [0.1, 0.15) is 19.0 Å². The second-order valence-corrected chi connectivity index (χ2v) is 4.71. The number of nitrogens with two attached hydrogens (primary N) is 1. The molecule has 0 saturated heterocycles. The summed E-state index contributed by atoms with van der Waals surface area (Å²) in [5.74, 6) is 2.34. The maximum Gasteiger partial charge on any atom is 0.166 e. The molecule has 92 valence electrons. The van der Waals surface area contributed by atoms with Crippen LogP contribution in [0.5, 0.6) is 17.2 Å². The van der Waals surface area contributed by atoms with E-state index in [1.807, 2.05) is 12.1 Å². The van der Waals surface area contributed by atoms with E-state index in [0.29, 0.717) is 13.2 Å². The highest BCUT2D eigenvalue weighted by Gasteiger charge is 2.39. The Balaban J connectivity index is 2.11. The molecule has 4 nitrogen and oxygen atoms in total. The average molecular weight is 235 g/mol. The van der Waals surface area contributed by atoms with Gasteiger partial charge in [0, 0.05) is 17.2 Å². The summed E-state index contributed by atoms with van der Waals surface area (Å²) < 4.78 is 16.6. The zero-order valence-electron chi connectivity index (χ0n) is 9.99. The second-order valence-electron chi connectivity index (χ2n) is 4.71. The van der Waals surface area contributed by atoms with Crippen LogP contribution in [0.15, 0.2) is 12.1 Å². The second kappa shape index (κ2) is 3.81. The minimum absolute atomic E-state index is 0.265. The lowest BCUT2D eigenvalue weighted by atomic mass is 9.72. The number of hydrogen-bond donors (Lipinski definition) is 1. The van der Waals surface area contributed by atoms with Crippen LogP contribution in [0.4, 0.5) is 0 Å². The summed E-state index contributed by atoms with van der Waals surface area (Å²) in [5.41, 5.74) is 7.14. The number of benzene rings is 1. The van der Waals surface area contributed by atoms with Gasteiger partial charge in [-0.15, -0.1) is 0 Å². The van der Waals surface area contributed by atoms with Gasteiger partial charge < -0.3 is 19.9 Å². The molecule has 1 aromatic carbocycles. The lowest BCUT2D eigenvalue weighted by Gasteiger charge is -2.40. The molecule has 0 spiro atoms. The zero-order valence-corrected chi connectivity index (χ0v) is 9.99. The van der Waals surface area contributed by atoms with Crippen LogP contribution in [0.25, 0.3) is 0 Å². The normalized spacial score (nSPS) is 20.6. The van der Waals surface area contributed by atoms with Crippen molar-refractivity contribution in [2.75, 3.05) is 20.3 Å². The van der Waals surface area contributed by atoms with Gasteiger partial charge in [-0.3, -0.25) is 0 Å². The van der Waals surface area contributed by atoms with Crippen LogP contribution in [-0.2, 0) is 5.54 Å². The van der Waals surface area contributed by atoms with E-state index in [9.17, 15) is 0 Å². The van der Waals surface area contributed by atoms with Gasteiger partial charge >= 0.3 is 0 Å². The SMILES string of the molecule is COc1cc2c(c(C3(N)CCC3)c1)OCCO2. The van der Waals surface area contributed by atoms with Crippen LogP contribution < -0.4 is 19.9 Å². The quantitative estimate of drug-likeness (QED) is 0.849. The molecule has 0 bridgehead atoms. The van der Waals surface area contributed by atoms with Gasteiger partial charge in [-0.1, -0.05) is 0 Å². The molecule has 1 aliphatic carbocycles. The third-order valence-electron chi connectivity index (χ3n) is 3.63. The van der Waals surface area contributed by atoms with Gasteiger partial charge in [-0.2, -0.15) is 0 Å². The third-order valence-corrected chi connectivity index (χ3v) is 3.63. The lowest BCUT2D eigenvalue weighted by molar-refractivity contribution is 0.158. The van der Waals surface area contributed by atoms with E-state index in [1.54, 1.807) is 7.11 Å². The predicted octanol–water partition coefficient (Wildman–Crippen LogP) is 1.80. The Morgan fingerprint density at radius 1 is 1.24 bits per heavy atom. The van der Waals surface area contributed by atoms with E-state index in [0.717, 1.165) is 35.7 Å². The average Bonchev–Trinajstić information content (AvgIpc) is 2.34. The van der Waals surface area contributed by atoms with E-state index in [1.165, 1.54) is 6.42 Å². The summed E-state index contributed by atoms with van der Waals surface area (Å²) in [5, 5.41) is 0. The molecule has 0 aromatic heterocycles. The molecule has 0 atom stereocenters. The van der Waals surface area contributed by atoms with Crippen LogP contribution in [0.1, 0.15) is 24.8 Å². The molecule has 1 aliphatic heterocycles. The van der Waals surface area contributed by atoms with Gasteiger partial charge in [0.25, 0.3) is 0 Å². The Labute approximate surface area is 101 Å². The highest BCUT2D eigenvalue weighted by molar-refractivity contribution is 5.55. The molecule has 1 aromatic rings. The van der Waals surface area contributed by atoms with E-state index in [2.05, 4.69) is 0 Å². The van der Waals surface area contributed by atoms with Gasteiger partial charge in [0.2, 0.25) is 0 Å². The Hall–Kier alpha value is -1.42. The van der Waals surface area contributed by atoms with E-state index in [-0.39, 0.29) is 5.54 Å². The van der Waals surface area contributed by atoms with Gasteiger partial charge in [-0.05, 0) is 25.3 Å². The molecule has 1 saturated carbocycles. The molecule has 2 N–H and O–H groups in total. The minimum Gasteiger partial charge on any atom is -0.497 e. The van der Waals surface area contributed by atoms with Crippen LogP contribution in [0.2, 0.25) is 0 Å². The van der Waals surface area contributed by atoms with E-state index >= 15 is 0 Å². The molecule has 17 heavy (non-hydrogen) atoms. The largest absolute Gasteiger partial charge is 0.497 e. The number of ether oxygens (including phenoxy) is 3. The van der Waals surface area contributed by atoms with Gasteiger partial charge in [0.05, 0.1) is 7.11 Å². The fourth-order valence-corrected chi connectivity index (χ4v) is 2.44. The first-order valence-electron chi connectivity index (χ1n) is 6.00. The highest BCUT2D eigenvalue weighted by atomic mass is 16.6. The van der Waals surface area contributed by atoms with E-state index in [4.69, 9.17) is 19.9 Å². The summed E-state index contributed by atoms with van der Waals surface area (Å²) in [6, 6.07) is 3.84. The molecule has 1 fully saturated rings.